The molecule has 2 aromatic rings. The average molecular weight is 342 g/mol. The molecule has 0 saturated carbocycles. The minimum atomic E-state index is -3.68. The lowest BCUT2D eigenvalue weighted by Crippen LogP contribution is -2.12. The summed E-state index contributed by atoms with van der Waals surface area (Å²) in [4.78, 5) is 4.09. The molecule has 2 rings (SSSR count). The molecular weight excluding hydrogens is 330 g/mol. The van der Waals surface area contributed by atoms with E-state index in [-0.39, 0.29) is 4.90 Å². The highest BCUT2D eigenvalue weighted by atomic mass is 79.9. The second-order valence-electron chi connectivity index (χ2n) is 3.90. The molecule has 19 heavy (non-hydrogen) atoms. The fraction of sp³-hybridized carbons (Fsp3) is 0.0833. The van der Waals surface area contributed by atoms with Crippen LogP contribution in [0.25, 0.3) is 0 Å². The minimum Gasteiger partial charge on any atom is -0.380 e. The van der Waals surface area contributed by atoms with Gasteiger partial charge in [-0.3, -0.25) is 4.98 Å². The van der Waals surface area contributed by atoms with Gasteiger partial charge in [0.15, 0.2) is 0 Å². The van der Waals surface area contributed by atoms with E-state index in [2.05, 4.69) is 26.2 Å². The van der Waals surface area contributed by atoms with Crippen LogP contribution in [0, 0.1) is 0 Å². The molecule has 3 N–H and O–H groups in total. The molecule has 0 atom stereocenters. The highest BCUT2D eigenvalue weighted by molar-refractivity contribution is 9.10. The lowest BCUT2D eigenvalue weighted by molar-refractivity contribution is 0.598. The minimum absolute atomic E-state index is 0.0753. The van der Waals surface area contributed by atoms with E-state index in [1.54, 1.807) is 18.5 Å². The van der Waals surface area contributed by atoms with Gasteiger partial charge in [-0.1, -0.05) is 6.07 Å². The van der Waals surface area contributed by atoms with Gasteiger partial charge in [0.05, 0.1) is 4.90 Å². The van der Waals surface area contributed by atoms with Crippen LogP contribution < -0.4 is 10.5 Å². The van der Waals surface area contributed by atoms with E-state index in [0.29, 0.717) is 11.0 Å². The predicted molar refractivity (Wildman–Crippen MR) is 77.1 cm³/mol. The number of primary sulfonamides is 1. The number of benzene rings is 1. The Bertz CT molecular complexity index is 675. The van der Waals surface area contributed by atoms with Crippen molar-refractivity contribution in [2.24, 2.45) is 5.14 Å². The molecule has 1 aromatic carbocycles. The van der Waals surface area contributed by atoms with E-state index >= 15 is 0 Å². The Labute approximate surface area is 120 Å². The van der Waals surface area contributed by atoms with E-state index in [1.165, 1.54) is 12.1 Å². The van der Waals surface area contributed by atoms with Crippen molar-refractivity contribution >= 4 is 31.6 Å². The van der Waals surface area contributed by atoms with Crippen molar-refractivity contribution in [1.29, 1.82) is 0 Å². The summed E-state index contributed by atoms with van der Waals surface area (Å²) in [6, 6.07) is 8.41. The molecule has 0 aliphatic heterocycles. The summed E-state index contributed by atoms with van der Waals surface area (Å²) in [6.45, 7) is 0.598. The molecule has 100 valence electrons. The first-order valence-corrected chi connectivity index (χ1v) is 7.76. The van der Waals surface area contributed by atoms with Crippen molar-refractivity contribution < 1.29 is 8.42 Å². The molecule has 0 radical (unpaired) electrons. The van der Waals surface area contributed by atoms with Gasteiger partial charge in [-0.25, -0.2) is 13.6 Å². The normalized spacial score (nSPS) is 11.3. The predicted octanol–water partition coefficient (Wildman–Crippen LogP) is 2.10. The maximum atomic E-state index is 11.2. The Balaban J connectivity index is 2.14. The lowest BCUT2D eigenvalue weighted by Gasteiger charge is -2.09. The van der Waals surface area contributed by atoms with E-state index < -0.39 is 10.0 Å². The third-order valence-electron chi connectivity index (χ3n) is 2.47. The number of rotatable bonds is 4. The second kappa shape index (κ2) is 5.68. The Kier molecular flexibility index (Phi) is 4.18. The number of hydrogen-bond donors (Lipinski definition) is 2. The number of nitrogens with two attached hydrogens (primary N) is 1. The molecule has 1 aromatic heterocycles. The summed E-state index contributed by atoms with van der Waals surface area (Å²) in [5, 5.41) is 8.25. The van der Waals surface area contributed by atoms with E-state index in [1.807, 2.05) is 12.1 Å². The SMILES string of the molecule is NS(=O)(=O)c1ccc(NCc2cccnc2)c(Br)c1. The molecular formula is C12H12BrN3O2S. The van der Waals surface area contributed by atoms with Gasteiger partial charge in [0, 0.05) is 29.1 Å². The number of aromatic nitrogens is 1. The van der Waals surface area contributed by atoms with Crippen LogP contribution >= 0.6 is 15.9 Å². The van der Waals surface area contributed by atoms with E-state index in [9.17, 15) is 8.42 Å². The number of nitrogens with zero attached hydrogens (tertiary/aromatic N) is 1. The van der Waals surface area contributed by atoms with Crippen LogP contribution in [-0.4, -0.2) is 13.4 Å². The van der Waals surface area contributed by atoms with Crippen molar-refractivity contribution in [3.05, 3.63) is 52.8 Å². The third-order valence-corrected chi connectivity index (χ3v) is 4.04. The summed E-state index contributed by atoms with van der Waals surface area (Å²) in [6.07, 6.45) is 3.47. The average Bonchev–Trinajstić information content (AvgIpc) is 2.37. The largest absolute Gasteiger partial charge is 0.380 e. The molecule has 0 unspecified atom stereocenters. The topological polar surface area (TPSA) is 85.1 Å². The molecule has 1 heterocycles. The first kappa shape index (κ1) is 14.0. The molecule has 7 heteroatoms. The van der Waals surface area contributed by atoms with Crippen molar-refractivity contribution in [3.63, 3.8) is 0 Å². The highest BCUT2D eigenvalue weighted by Gasteiger charge is 2.10. The van der Waals surface area contributed by atoms with Gasteiger partial charge >= 0.3 is 0 Å². The van der Waals surface area contributed by atoms with Crippen molar-refractivity contribution in [3.8, 4) is 0 Å². The molecule has 0 bridgehead atoms. The van der Waals surface area contributed by atoms with Crippen molar-refractivity contribution in [2.45, 2.75) is 11.4 Å². The summed E-state index contributed by atoms with van der Waals surface area (Å²) in [5.74, 6) is 0. The number of nitrogens with one attached hydrogen (secondary N) is 1. The van der Waals surface area contributed by atoms with Gasteiger partial charge in [0.2, 0.25) is 10.0 Å². The Morgan fingerprint density at radius 3 is 2.68 bits per heavy atom. The summed E-state index contributed by atoms with van der Waals surface area (Å²) in [7, 11) is -3.68. The van der Waals surface area contributed by atoms with Crippen LogP contribution in [-0.2, 0) is 16.6 Å². The van der Waals surface area contributed by atoms with Gasteiger partial charge in [0.1, 0.15) is 0 Å². The maximum Gasteiger partial charge on any atom is 0.238 e. The van der Waals surface area contributed by atoms with Crippen LogP contribution in [0.2, 0.25) is 0 Å². The van der Waals surface area contributed by atoms with Crippen LogP contribution in [0.15, 0.2) is 52.1 Å². The monoisotopic (exact) mass is 341 g/mol. The molecule has 0 amide bonds. The Morgan fingerprint density at radius 2 is 2.11 bits per heavy atom. The second-order valence-corrected chi connectivity index (χ2v) is 6.32. The standard InChI is InChI=1S/C12H12BrN3O2S/c13-11-6-10(19(14,17)18)3-4-12(11)16-8-9-2-1-5-15-7-9/h1-7,16H,8H2,(H2,14,17,18). The molecule has 5 nitrogen and oxygen atoms in total. The van der Waals surface area contributed by atoms with Crippen LogP contribution in [0.4, 0.5) is 5.69 Å². The number of hydrogen-bond acceptors (Lipinski definition) is 4. The number of sulfonamides is 1. The maximum absolute atomic E-state index is 11.2. The van der Waals surface area contributed by atoms with Crippen LogP contribution in [0.3, 0.4) is 0 Å². The zero-order chi connectivity index (χ0) is 13.9. The molecule has 0 saturated heterocycles. The number of pyridine rings is 1. The summed E-state index contributed by atoms with van der Waals surface area (Å²) >= 11 is 3.32. The van der Waals surface area contributed by atoms with Gasteiger partial charge < -0.3 is 5.32 Å². The highest BCUT2D eigenvalue weighted by Crippen LogP contribution is 2.25. The van der Waals surface area contributed by atoms with Gasteiger partial charge in [-0.2, -0.15) is 0 Å². The molecule has 0 spiro atoms. The summed E-state index contributed by atoms with van der Waals surface area (Å²) < 4.78 is 23.0. The first-order chi connectivity index (χ1) is 8.97. The van der Waals surface area contributed by atoms with Crippen molar-refractivity contribution in [2.75, 3.05) is 5.32 Å². The molecule has 0 fully saturated rings. The number of halogens is 1. The first-order valence-electron chi connectivity index (χ1n) is 5.42. The Hall–Kier alpha value is -1.44. The van der Waals surface area contributed by atoms with Crippen LogP contribution in [0.1, 0.15) is 5.56 Å². The smallest absolute Gasteiger partial charge is 0.238 e. The third kappa shape index (κ3) is 3.76. The fourth-order valence-electron chi connectivity index (χ4n) is 1.52. The molecule has 0 aliphatic rings. The number of anilines is 1. The molecule has 0 aliphatic carbocycles. The van der Waals surface area contributed by atoms with E-state index in [0.717, 1.165) is 11.3 Å². The fourth-order valence-corrected chi connectivity index (χ4v) is 2.73. The van der Waals surface area contributed by atoms with Gasteiger partial charge in [-0.05, 0) is 45.8 Å². The zero-order valence-corrected chi connectivity index (χ0v) is 12.3. The zero-order valence-electron chi connectivity index (χ0n) is 9.88. The van der Waals surface area contributed by atoms with E-state index in [4.69, 9.17) is 5.14 Å². The van der Waals surface area contributed by atoms with Gasteiger partial charge in [-0.15, -0.1) is 0 Å². The Morgan fingerprint density at radius 1 is 1.32 bits per heavy atom. The van der Waals surface area contributed by atoms with Crippen molar-refractivity contribution in [1.82, 2.24) is 4.98 Å². The van der Waals surface area contributed by atoms with Gasteiger partial charge in [0.25, 0.3) is 0 Å². The summed E-state index contributed by atoms with van der Waals surface area (Å²) in [5.41, 5.74) is 1.82. The van der Waals surface area contributed by atoms with Crippen LogP contribution in [0.5, 0.6) is 0 Å². The lowest BCUT2D eigenvalue weighted by atomic mass is 10.2. The quantitative estimate of drug-likeness (QED) is 0.891.